The monoisotopic (exact) mass is 269 g/mol. The van der Waals surface area contributed by atoms with Crippen LogP contribution in [-0.2, 0) is 0 Å². The lowest BCUT2D eigenvalue weighted by Crippen LogP contribution is -2.17. The highest BCUT2D eigenvalue weighted by molar-refractivity contribution is 5.75. The molecule has 2 aromatic rings. The fourth-order valence-corrected chi connectivity index (χ4v) is 5.35. The van der Waals surface area contributed by atoms with Gasteiger partial charge in [0.05, 0.1) is 11.0 Å². The number of fused-ring (bicyclic) bond motifs is 6. The zero-order valence-corrected chi connectivity index (χ0v) is 11.3. The Bertz CT molecular complexity index is 730. The van der Waals surface area contributed by atoms with E-state index in [9.17, 15) is 4.79 Å². The van der Waals surface area contributed by atoms with Crippen LogP contribution in [0.2, 0.25) is 0 Å². The Kier molecular flexibility index (Phi) is 1.98. The number of H-pyrrole nitrogens is 2. The quantitative estimate of drug-likeness (QED) is 0.781. The Hall–Kier alpha value is -1.55. The summed E-state index contributed by atoms with van der Waals surface area (Å²) in [7, 11) is 0. The molecule has 0 amide bonds. The van der Waals surface area contributed by atoms with Crippen LogP contribution >= 0.6 is 0 Å². The van der Waals surface area contributed by atoms with Gasteiger partial charge in [0.15, 0.2) is 0 Å². The predicted octanol–water partition coefficient (Wildman–Crippen LogP) is 2.15. The molecule has 104 valence electrons. The summed E-state index contributed by atoms with van der Waals surface area (Å²) in [5.74, 6) is 4.38. The topological polar surface area (TPSA) is 74.7 Å². The highest BCUT2D eigenvalue weighted by Crippen LogP contribution is 2.71. The summed E-state index contributed by atoms with van der Waals surface area (Å²) >= 11 is 0. The molecule has 4 N–H and O–H groups in total. The molecule has 2 bridgehead atoms. The Labute approximate surface area is 116 Å². The van der Waals surface area contributed by atoms with Gasteiger partial charge in [-0.15, -0.1) is 0 Å². The third-order valence-corrected chi connectivity index (χ3v) is 6.13. The van der Waals surface area contributed by atoms with Crippen molar-refractivity contribution in [1.82, 2.24) is 9.97 Å². The molecule has 3 aliphatic rings. The maximum absolute atomic E-state index is 11.3. The Morgan fingerprint density at radius 1 is 1.10 bits per heavy atom. The molecule has 4 nitrogen and oxygen atoms in total. The van der Waals surface area contributed by atoms with Gasteiger partial charge in [-0.1, -0.05) is 6.07 Å². The normalized spacial score (nSPS) is 39.1. The third-order valence-electron chi connectivity index (χ3n) is 6.13. The van der Waals surface area contributed by atoms with E-state index >= 15 is 0 Å². The fraction of sp³-hybridized carbons (Fsp3) is 0.562. The molecule has 5 rings (SSSR count). The van der Waals surface area contributed by atoms with E-state index in [0.717, 1.165) is 34.7 Å². The van der Waals surface area contributed by atoms with Crippen molar-refractivity contribution in [2.75, 3.05) is 0 Å². The number of imidazole rings is 1. The standard InChI is InChI=1S/C16H19N3O/c17-15(14-12-7-1-2-8(5-7)13(12)14)9-3-4-10-11(6-9)19-16(20)18-10/h3-4,6-8,12-15H,1-2,5,17H2,(H2,18,19,20). The van der Waals surface area contributed by atoms with Crippen molar-refractivity contribution in [2.24, 2.45) is 35.3 Å². The fourth-order valence-electron chi connectivity index (χ4n) is 5.35. The van der Waals surface area contributed by atoms with E-state index in [4.69, 9.17) is 5.73 Å². The molecule has 1 aromatic carbocycles. The Morgan fingerprint density at radius 3 is 2.55 bits per heavy atom. The number of aromatic amines is 2. The number of hydrogen-bond donors (Lipinski definition) is 3. The molecule has 3 fully saturated rings. The largest absolute Gasteiger partial charge is 0.324 e. The van der Waals surface area contributed by atoms with Gasteiger partial charge in [-0.2, -0.15) is 0 Å². The van der Waals surface area contributed by atoms with Crippen LogP contribution in [-0.4, -0.2) is 9.97 Å². The van der Waals surface area contributed by atoms with Crippen LogP contribution in [0.5, 0.6) is 0 Å². The summed E-state index contributed by atoms with van der Waals surface area (Å²) in [6, 6.07) is 6.23. The van der Waals surface area contributed by atoms with Crippen LogP contribution < -0.4 is 11.4 Å². The number of rotatable bonds is 2. The first kappa shape index (κ1) is 11.1. The van der Waals surface area contributed by atoms with Gasteiger partial charge in [-0.3, -0.25) is 0 Å². The number of aromatic nitrogens is 2. The van der Waals surface area contributed by atoms with Gasteiger partial charge in [-0.05, 0) is 66.5 Å². The second-order valence-electron chi connectivity index (χ2n) is 6.98. The van der Waals surface area contributed by atoms with E-state index in [-0.39, 0.29) is 11.7 Å². The first-order chi connectivity index (χ1) is 9.72. The molecule has 0 saturated heterocycles. The molecule has 0 aliphatic heterocycles. The lowest BCUT2D eigenvalue weighted by molar-refractivity contribution is 0.418. The number of benzene rings is 1. The lowest BCUT2D eigenvalue weighted by Gasteiger charge is -2.16. The maximum Gasteiger partial charge on any atom is 0.323 e. The summed E-state index contributed by atoms with van der Waals surface area (Å²) in [4.78, 5) is 16.9. The Balaban J connectivity index is 1.48. The van der Waals surface area contributed by atoms with Crippen molar-refractivity contribution in [3.63, 3.8) is 0 Å². The molecule has 1 aromatic heterocycles. The predicted molar refractivity (Wildman–Crippen MR) is 77.1 cm³/mol. The van der Waals surface area contributed by atoms with Crippen LogP contribution in [0.1, 0.15) is 30.9 Å². The van der Waals surface area contributed by atoms with Gasteiger partial charge in [0, 0.05) is 6.04 Å². The Morgan fingerprint density at radius 2 is 1.80 bits per heavy atom. The highest BCUT2D eigenvalue weighted by Gasteiger charge is 2.66. The first-order valence-electron chi connectivity index (χ1n) is 7.70. The van der Waals surface area contributed by atoms with Gasteiger partial charge in [0.1, 0.15) is 0 Å². The smallest absolute Gasteiger partial charge is 0.323 e. The van der Waals surface area contributed by atoms with Crippen molar-refractivity contribution in [2.45, 2.75) is 25.3 Å². The SMILES string of the molecule is NC(c1ccc2[nH]c(=O)[nH]c2c1)C1C2C3CCC(C3)C21. The minimum Gasteiger partial charge on any atom is -0.324 e. The average molecular weight is 269 g/mol. The molecule has 1 heterocycles. The number of nitrogens with one attached hydrogen (secondary N) is 2. The summed E-state index contributed by atoms with van der Waals surface area (Å²) in [5, 5.41) is 0. The van der Waals surface area contributed by atoms with Crippen LogP contribution in [0, 0.1) is 29.6 Å². The van der Waals surface area contributed by atoms with Gasteiger partial charge in [0.2, 0.25) is 0 Å². The summed E-state index contributed by atoms with van der Waals surface area (Å²) < 4.78 is 0. The van der Waals surface area contributed by atoms with Gasteiger partial charge in [-0.25, -0.2) is 4.79 Å². The molecule has 20 heavy (non-hydrogen) atoms. The molecule has 3 aliphatic carbocycles. The average Bonchev–Trinajstić information content (AvgIpc) is 2.76. The van der Waals surface area contributed by atoms with Gasteiger partial charge in [0.25, 0.3) is 0 Å². The van der Waals surface area contributed by atoms with Gasteiger partial charge >= 0.3 is 5.69 Å². The van der Waals surface area contributed by atoms with Crippen LogP contribution in [0.4, 0.5) is 0 Å². The zero-order valence-electron chi connectivity index (χ0n) is 11.3. The van der Waals surface area contributed by atoms with Crippen molar-refractivity contribution >= 4 is 11.0 Å². The number of hydrogen-bond acceptors (Lipinski definition) is 2. The van der Waals surface area contributed by atoms with E-state index in [1.807, 2.05) is 12.1 Å². The molecule has 5 atom stereocenters. The second-order valence-corrected chi connectivity index (χ2v) is 6.98. The molecular weight excluding hydrogens is 250 g/mol. The molecule has 0 spiro atoms. The molecule has 5 unspecified atom stereocenters. The maximum atomic E-state index is 11.3. The van der Waals surface area contributed by atoms with E-state index in [1.165, 1.54) is 24.8 Å². The molecule has 4 heteroatoms. The van der Waals surface area contributed by atoms with E-state index in [0.29, 0.717) is 5.92 Å². The molecule has 3 saturated carbocycles. The van der Waals surface area contributed by atoms with Crippen LogP contribution in [0.15, 0.2) is 23.0 Å². The van der Waals surface area contributed by atoms with E-state index in [2.05, 4.69) is 16.0 Å². The van der Waals surface area contributed by atoms with Crippen molar-refractivity contribution in [3.8, 4) is 0 Å². The van der Waals surface area contributed by atoms with Crippen molar-refractivity contribution in [3.05, 3.63) is 34.2 Å². The van der Waals surface area contributed by atoms with Gasteiger partial charge < -0.3 is 15.7 Å². The third kappa shape index (κ3) is 1.32. The van der Waals surface area contributed by atoms with Crippen LogP contribution in [0.25, 0.3) is 11.0 Å². The summed E-state index contributed by atoms with van der Waals surface area (Å²) in [5.41, 5.74) is 9.30. The molecule has 0 radical (unpaired) electrons. The van der Waals surface area contributed by atoms with Crippen molar-refractivity contribution < 1.29 is 0 Å². The summed E-state index contributed by atoms with van der Waals surface area (Å²) in [6.45, 7) is 0. The van der Waals surface area contributed by atoms with E-state index in [1.54, 1.807) is 0 Å². The van der Waals surface area contributed by atoms with Crippen molar-refractivity contribution in [1.29, 1.82) is 0 Å². The first-order valence-corrected chi connectivity index (χ1v) is 7.70. The lowest BCUT2D eigenvalue weighted by atomic mass is 9.93. The second kappa shape index (κ2) is 3.55. The molecular formula is C16H19N3O. The summed E-state index contributed by atoms with van der Waals surface area (Å²) in [6.07, 6.45) is 4.32. The highest BCUT2D eigenvalue weighted by atomic mass is 16.1. The van der Waals surface area contributed by atoms with E-state index < -0.39 is 0 Å². The zero-order chi connectivity index (χ0) is 13.4. The minimum absolute atomic E-state index is 0.135. The number of nitrogens with two attached hydrogens (primary N) is 1. The minimum atomic E-state index is -0.146. The van der Waals surface area contributed by atoms with Crippen LogP contribution in [0.3, 0.4) is 0 Å².